The number of nitrogens with one attached hydrogen (secondary N) is 2. The molecule has 0 bridgehead atoms. The van der Waals surface area contributed by atoms with Crippen molar-refractivity contribution in [1.29, 1.82) is 0 Å². The Hall–Kier alpha value is 0.0364. The Morgan fingerprint density at radius 1 is 1.33 bits per heavy atom. The van der Waals surface area contributed by atoms with Crippen molar-refractivity contribution in [2.75, 3.05) is 6.61 Å². The third-order valence-corrected chi connectivity index (χ3v) is 2.29. The van der Waals surface area contributed by atoms with E-state index in [9.17, 15) is 4.79 Å². The minimum atomic E-state index is -0.721. The summed E-state index contributed by atoms with van der Waals surface area (Å²) in [5, 5.41) is 0. The van der Waals surface area contributed by atoms with E-state index in [1.165, 1.54) is 0 Å². The number of benzene rings is 1. The summed E-state index contributed by atoms with van der Waals surface area (Å²) in [7, 11) is 0. The van der Waals surface area contributed by atoms with Crippen molar-refractivity contribution < 1.29 is 65.7 Å². The number of thiocarbonyl (C=S) groups is 1. The molecule has 2 rings (SSSR count). The molecule has 1 unspecified atom stereocenters. The van der Waals surface area contributed by atoms with Crippen LogP contribution in [0.3, 0.4) is 0 Å². The number of hydrogen-bond acceptors (Lipinski definition) is 5. The van der Waals surface area contributed by atoms with Gasteiger partial charge in [-0.1, -0.05) is 12.1 Å². The number of ether oxygens (including phenoxy) is 2. The van der Waals surface area contributed by atoms with Crippen LogP contribution in [-0.2, 0) is 17.4 Å². The maximum Gasteiger partial charge on any atom is 1.00 e. The number of fused-ring (bicyclic) bond motifs is 1. The van der Waals surface area contributed by atoms with Crippen molar-refractivity contribution in [3.8, 4) is 11.5 Å². The quantitative estimate of drug-likeness (QED) is 0.255. The molecular formula is C10H9KN2O3S2. The Morgan fingerprint density at radius 2 is 2.00 bits per heavy atom. The van der Waals surface area contributed by atoms with E-state index >= 15 is 0 Å². The second-order valence-corrected chi connectivity index (χ2v) is 4.34. The molecule has 90 valence electrons. The van der Waals surface area contributed by atoms with Crippen LogP contribution in [0.5, 0.6) is 11.5 Å². The Balaban J connectivity index is 0.00000162. The number of para-hydroxylation sites is 2. The molecule has 0 aromatic heterocycles. The molecule has 0 aliphatic carbocycles. The molecule has 1 amide bonds. The van der Waals surface area contributed by atoms with Crippen molar-refractivity contribution in [3.05, 3.63) is 24.3 Å². The largest absolute Gasteiger partial charge is 1.00 e. The smallest absolute Gasteiger partial charge is 0.485 e. The van der Waals surface area contributed by atoms with Gasteiger partial charge in [0, 0.05) is 0 Å². The fourth-order valence-electron chi connectivity index (χ4n) is 1.34. The number of carbonyl (C=O) groups is 1. The Morgan fingerprint density at radius 3 is 2.67 bits per heavy atom. The standard InChI is InChI=1S/C10H10N2O3S2.K/c13-9(11-12-10(16)17)8-5-14-6-3-1-2-4-7(6)15-8;/h1-4,8H,5H2,(H,11,13)(H2,12,16,17);/q;+1/p-1. The van der Waals surface area contributed by atoms with Gasteiger partial charge < -0.3 is 39.7 Å². The van der Waals surface area contributed by atoms with Gasteiger partial charge in [-0.2, -0.15) is 0 Å². The summed E-state index contributed by atoms with van der Waals surface area (Å²) in [6.45, 7) is 0.148. The van der Waals surface area contributed by atoms with Crippen molar-refractivity contribution in [1.82, 2.24) is 10.9 Å². The molecule has 1 atom stereocenters. The van der Waals surface area contributed by atoms with Gasteiger partial charge in [-0.15, -0.1) is 0 Å². The maximum absolute atomic E-state index is 11.6. The van der Waals surface area contributed by atoms with E-state index < -0.39 is 6.10 Å². The molecule has 5 nitrogen and oxygen atoms in total. The van der Waals surface area contributed by atoms with E-state index in [1.807, 2.05) is 6.07 Å². The van der Waals surface area contributed by atoms with Crippen LogP contribution >= 0.6 is 12.2 Å². The van der Waals surface area contributed by atoms with Gasteiger partial charge in [-0.25, -0.2) is 0 Å². The van der Waals surface area contributed by atoms with Crippen LogP contribution in [0.4, 0.5) is 0 Å². The van der Waals surface area contributed by atoms with Crippen LogP contribution in [0, 0.1) is 0 Å². The molecule has 0 fully saturated rings. The summed E-state index contributed by atoms with van der Waals surface area (Å²) in [5.74, 6) is 0.787. The first-order chi connectivity index (χ1) is 8.16. The number of amides is 1. The van der Waals surface area contributed by atoms with E-state index in [1.54, 1.807) is 18.2 Å². The number of hydrazine groups is 1. The van der Waals surface area contributed by atoms with Crippen molar-refractivity contribution in [3.63, 3.8) is 0 Å². The van der Waals surface area contributed by atoms with Gasteiger partial charge in [0.05, 0.1) is 0 Å². The first-order valence-electron chi connectivity index (χ1n) is 4.82. The minimum Gasteiger partial charge on any atom is -0.485 e. The van der Waals surface area contributed by atoms with Crippen LogP contribution in [0.15, 0.2) is 24.3 Å². The van der Waals surface area contributed by atoms with Crippen LogP contribution < -0.4 is 71.7 Å². The van der Waals surface area contributed by atoms with Crippen molar-refractivity contribution >= 4 is 35.1 Å². The summed E-state index contributed by atoms with van der Waals surface area (Å²) < 4.78 is 10.9. The van der Waals surface area contributed by atoms with Crippen molar-refractivity contribution in [2.24, 2.45) is 0 Å². The van der Waals surface area contributed by atoms with E-state index in [0.29, 0.717) is 11.5 Å². The van der Waals surface area contributed by atoms with Gasteiger partial charge in [0.15, 0.2) is 11.5 Å². The van der Waals surface area contributed by atoms with E-state index in [-0.39, 0.29) is 68.2 Å². The summed E-state index contributed by atoms with van der Waals surface area (Å²) in [4.78, 5) is 11.6. The predicted octanol–water partition coefficient (Wildman–Crippen LogP) is -2.72. The molecule has 0 spiro atoms. The Labute approximate surface area is 158 Å². The minimum absolute atomic E-state index is 0. The van der Waals surface area contributed by atoms with Gasteiger partial charge in [-0.05, 0) is 16.5 Å². The Bertz CT molecular complexity index is 459. The van der Waals surface area contributed by atoms with Crippen LogP contribution in [0.2, 0.25) is 0 Å². The summed E-state index contributed by atoms with van der Waals surface area (Å²) >= 11 is 9.19. The molecule has 0 saturated carbocycles. The average molecular weight is 308 g/mol. The fraction of sp³-hybridized carbons (Fsp3) is 0.200. The van der Waals surface area contributed by atoms with Gasteiger partial charge >= 0.3 is 51.4 Å². The maximum atomic E-state index is 11.6. The zero-order chi connectivity index (χ0) is 12.3. The molecule has 1 heterocycles. The summed E-state index contributed by atoms with van der Waals surface area (Å²) in [6, 6.07) is 7.15. The van der Waals surface area contributed by atoms with Crippen molar-refractivity contribution in [2.45, 2.75) is 6.10 Å². The molecule has 1 aliphatic rings. The molecule has 1 aliphatic heterocycles. The monoisotopic (exact) mass is 308 g/mol. The number of carbonyl (C=O) groups excluding carboxylic acids is 1. The molecule has 2 N–H and O–H groups in total. The van der Waals surface area contributed by atoms with Gasteiger partial charge in [0.25, 0.3) is 5.91 Å². The Kier molecular flexibility index (Phi) is 6.78. The first-order valence-corrected chi connectivity index (χ1v) is 5.64. The summed E-state index contributed by atoms with van der Waals surface area (Å²) in [6.07, 6.45) is -0.721. The predicted molar refractivity (Wildman–Crippen MR) is 67.6 cm³/mol. The SMILES string of the molecule is O=C(NNC(=S)[S-])C1COc2ccccc2O1.[K+]. The van der Waals surface area contributed by atoms with Crippen LogP contribution in [0.1, 0.15) is 0 Å². The second kappa shape index (κ2) is 7.58. The van der Waals surface area contributed by atoms with E-state index in [4.69, 9.17) is 9.47 Å². The molecule has 18 heavy (non-hydrogen) atoms. The first kappa shape index (κ1) is 16.1. The summed E-state index contributed by atoms with van der Waals surface area (Å²) in [5.41, 5.74) is 4.72. The topological polar surface area (TPSA) is 59.6 Å². The second-order valence-electron chi connectivity index (χ2n) is 3.27. The molecule has 1 aromatic rings. The van der Waals surface area contributed by atoms with E-state index in [2.05, 4.69) is 35.7 Å². The number of rotatable bonds is 1. The fourth-order valence-corrected chi connectivity index (χ4v) is 1.44. The van der Waals surface area contributed by atoms with Gasteiger partial charge in [0.1, 0.15) is 6.61 Å². The number of hydrogen-bond donors (Lipinski definition) is 2. The van der Waals surface area contributed by atoms with Crippen LogP contribution in [0.25, 0.3) is 0 Å². The molecule has 1 aromatic carbocycles. The van der Waals surface area contributed by atoms with Crippen LogP contribution in [-0.4, -0.2) is 22.9 Å². The third kappa shape index (κ3) is 4.30. The van der Waals surface area contributed by atoms with Gasteiger partial charge in [0.2, 0.25) is 6.10 Å². The average Bonchev–Trinajstić information content (AvgIpc) is 2.35. The third-order valence-electron chi connectivity index (χ3n) is 2.09. The molecular weight excluding hydrogens is 299 g/mol. The normalized spacial score (nSPS) is 16.1. The van der Waals surface area contributed by atoms with Gasteiger partial charge in [-0.3, -0.25) is 10.2 Å². The zero-order valence-corrected chi connectivity index (χ0v) is 14.4. The zero-order valence-electron chi connectivity index (χ0n) is 9.64. The van der Waals surface area contributed by atoms with E-state index in [0.717, 1.165) is 0 Å². The molecule has 0 radical (unpaired) electrons. The molecule has 8 heteroatoms. The molecule has 0 saturated heterocycles.